The molecule has 0 aromatic rings. The minimum absolute atomic E-state index is 0.0300. The van der Waals surface area contributed by atoms with Gasteiger partial charge in [0.2, 0.25) is 0 Å². The van der Waals surface area contributed by atoms with Crippen molar-refractivity contribution in [2.45, 2.75) is 52.7 Å². The molecule has 104 valence electrons. The summed E-state index contributed by atoms with van der Waals surface area (Å²) in [6.07, 6.45) is 0. The molecular formula is C14H25FN2O. The largest absolute Gasteiger partial charge is 0.331 e. The van der Waals surface area contributed by atoms with Crippen molar-refractivity contribution in [2.75, 3.05) is 13.1 Å². The number of hydrogen-bond donors (Lipinski definition) is 0. The van der Waals surface area contributed by atoms with Crippen LogP contribution in [-0.4, -0.2) is 46.9 Å². The van der Waals surface area contributed by atoms with Crippen molar-refractivity contribution in [1.82, 2.24) is 9.80 Å². The molecule has 0 N–H and O–H groups in total. The molecule has 1 amide bonds. The zero-order valence-electron chi connectivity index (χ0n) is 12.1. The van der Waals surface area contributed by atoms with Gasteiger partial charge in [-0.05, 0) is 26.7 Å². The average Bonchev–Trinajstić information content (AvgIpc) is 2.26. The zero-order valence-corrected chi connectivity index (χ0v) is 12.1. The molecule has 18 heavy (non-hydrogen) atoms. The highest BCUT2D eigenvalue weighted by Crippen LogP contribution is 2.24. The molecule has 1 saturated heterocycles. The summed E-state index contributed by atoms with van der Waals surface area (Å²) in [4.78, 5) is 15.8. The van der Waals surface area contributed by atoms with E-state index in [1.165, 1.54) is 0 Å². The van der Waals surface area contributed by atoms with Crippen molar-refractivity contribution in [1.29, 1.82) is 0 Å². The van der Waals surface area contributed by atoms with E-state index < -0.39 is 11.7 Å². The summed E-state index contributed by atoms with van der Waals surface area (Å²) in [5.41, 5.74) is 0. The first-order valence-corrected chi connectivity index (χ1v) is 6.66. The van der Waals surface area contributed by atoms with Crippen LogP contribution in [0.15, 0.2) is 12.4 Å². The van der Waals surface area contributed by atoms with Crippen molar-refractivity contribution in [3.05, 3.63) is 12.4 Å². The van der Waals surface area contributed by atoms with E-state index in [0.29, 0.717) is 18.5 Å². The number of piperazine rings is 1. The molecule has 0 aromatic heterocycles. The quantitative estimate of drug-likeness (QED) is 0.724. The summed E-state index contributed by atoms with van der Waals surface area (Å²) < 4.78 is 13.0. The molecule has 1 rings (SSSR count). The second-order valence-corrected chi connectivity index (χ2v) is 5.81. The fourth-order valence-electron chi connectivity index (χ4n) is 2.65. The Hall–Kier alpha value is -0.900. The van der Waals surface area contributed by atoms with Gasteiger partial charge >= 0.3 is 0 Å². The Morgan fingerprint density at radius 3 is 2.22 bits per heavy atom. The number of halogens is 1. The van der Waals surface area contributed by atoms with Crippen molar-refractivity contribution in [2.24, 2.45) is 5.92 Å². The van der Waals surface area contributed by atoms with Gasteiger partial charge in [-0.1, -0.05) is 20.4 Å². The fourth-order valence-corrected chi connectivity index (χ4v) is 2.65. The van der Waals surface area contributed by atoms with Gasteiger partial charge in [-0.15, -0.1) is 0 Å². The lowest BCUT2D eigenvalue weighted by atomic mass is 9.95. The Bertz CT molecular complexity index is 328. The number of hydrogen-bond acceptors (Lipinski definition) is 2. The van der Waals surface area contributed by atoms with Gasteiger partial charge in [-0.2, -0.15) is 0 Å². The van der Waals surface area contributed by atoms with Crippen LogP contribution in [0.2, 0.25) is 0 Å². The van der Waals surface area contributed by atoms with Gasteiger partial charge < -0.3 is 4.90 Å². The van der Waals surface area contributed by atoms with Crippen LogP contribution in [0.4, 0.5) is 4.39 Å². The molecule has 3 nitrogen and oxygen atoms in total. The third-order valence-electron chi connectivity index (χ3n) is 3.74. The van der Waals surface area contributed by atoms with Crippen LogP contribution >= 0.6 is 0 Å². The summed E-state index contributed by atoms with van der Waals surface area (Å²) in [5, 5.41) is 0. The summed E-state index contributed by atoms with van der Waals surface area (Å²) in [6.45, 7) is 15.1. The van der Waals surface area contributed by atoms with Crippen molar-refractivity contribution >= 4 is 5.91 Å². The monoisotopic (exact) mass is 256 g/mol. The molecule has 0 saturated carbocycles. The summed E-state index contributed by atoms with van der Waals surface area (Å²) in [7, 11) is 0. The second-order valence-electron chi connectivity index (χ2n) is 5.81. The van der Waals surface area contributed by atoms with Crippen LogP contribution in [0, 0.1) is 5.92 Å². The molecule has 1 aliphatic heterocycles. The smallest absolute Gasteiger partial charge is 0.282 e. The lowest BCUT2D eigenvalue weighted by Gasteiger charge is -2.48. The zero-order chi connectivity index (χ0) is 14.0. The summed E-state index contributed by atoms with van der Waals surface area (Å²) in [6, 6.07) is 0.748. The Morgan fingerprint density at radius 2 is 1.83 bits per heavy atom. The first kappa shape index (κ1) is 15.2. The maximum absolute atomic E-state index is 13.0. The summed E-state index contributed by atoms with van der Waals surface area (Å²) >= 11 is 0. The molecule has 0 aliphatic carbocycles. The van der Waals surface area contributed by atoms with Crippen molar-refractivity contribution in [3.8, 4) is 0 Å². The SMILES string of the molecule is C=C(F)C(=O)N1CC(C(C)C)N(C(C)C)CC1C. The predicted molar refractivity (Wildman–Crippen MR) is 71.9 cm³/mol. The maximum Gasteiger partial charge on any atom is 0.282 e. The third-order valence-corrected chi connectivity index (χ3v) is 3.74. The van der Waals surface area contributed by atoms with Crippen LogP contribution in [0.3, 0.4) is 0 Å². The first-order chi connectivity index (χ1) is 8.25. The number of amides is 1. The standard InChI is InChI=1S/C14H25FN2O/c1-9(2)13-8-17(14(18)12(6)15)11(5)7-16(13)10(3)4/h9-11,13H,6-8H2,1-5H3. The highest BCUT2D eigenvalue weighted by molar-refractivity contribution is 5.90. The Labute approximate surface area is 110 Å². The molecule has 0 aromatic carbocycles. The Morgan fingerprint density at radius 1 is 1.28 bits per heavy atom. The Kier molecular flexibility index (Phi) is 4.91. The van der Waals surface area contributed by atoms with Gasteiger partial charge in [0.05, 0.1) is 0 Å². The normalized spacial score (nSPS) is 25.9. The van der Waals surface area contributed by atoms with Gasteiger partial charge in [-0.3, -0.25) is 9.69 Å². The van der Waals surface area contributed by atoms with Crippen molar-refractivity contribution in [3.63, 3.8) is 0 Å². The minimum Gasteiger partial charge on any atom is -0.331 e. The molecule has 0 bridgehead atoms. The van der Waals surface area contributed by atoms with Crippen LogP contribution in [0.25, 0.3) is 0 Å². The highest BCUT2D eigenvalue weighted by atomic mass is 19.1. The highest BCUT2D eigenvalue weighted by Gasteiger charge is 2.37. The second kappa shape index (κ2) is 5.83. The average molecular weight is 256 g/mol. The van der Waals surface area contributed by atoms with E-state index in [0.717, 1.165) is 6.54 Å². The lowest BCUT2D eigenvalue weighted by Crippen LogP contribution is -2.62. The van der Waals surface area contributed by atoms with Gasteiger partial charge in [0.1, 0.15) is 0 Å². The van der Waals surface area contributed by atoms with E-state index in [1.807, 2.05) is 6.92 Å². The molecule has 2 atom stereocenters. The molecule has 4 heteroatoms. The fraction of sp³-hybridized carbons (Fsp3) is 0.786. The Balaban J connectivity index is 2.89. The molecular weight excluding hydrogens is 231 g/mol. The van der Waals surface area contributed by atoms with Crippen LogP contribution in [-0.2, 0) is 4.79 Å². The van der Waals surface area contributed by atoms with Gasteiger partial charge in [0, 0.05) is 31.2 Å². The molecule has 2 unspecified atom stereocenters. The predicted octanol–water partition coefficient (Wildman–Crippen LogP) is 2.44. The van der Waals surface area contributed by atoms with E-state index >= 15 is 0 Å². The van der Waals surface area contributed by atoms with Gasteiger partial charge in [-0.25, -0.2) is 4.39 Å². The van der Waals surface area contributed by atoms with E-state index in [4.69, 9.17) is 0 Å². The topological polar surface area (TPSA) is 23.6 Å². The molecule has 1 fully saturated rings. The molecule has 1 aliphatic rings. The number of nitrogens with zero attached hydrogens (tertiary/aromatic N) is 2. The molecule has 0 radical (unpaired) electrons. The third kappa shape index (κ3) is 3.10. The minimum atomic E-state index is -0.859. The number of carbonyl (C=O) groups excluding carboxylic acids is 1. The lowest BCUT2D eigenvalue weighted by molar-refractivity contribution is -0.136. The maximum atomic E-state index is 13.0. The van der Waals surface area contributed by atoms with E-state index in [-0.39, 0.29) is 12.1 Å². The van der Waals surface area contributed by atoms with E-state index in [9.17, 15) is 9.18 Å². The van der Waals surface area contributed by atoms with Crippen LogP contribution in [0.1, 0.15) is 34.6 Å². The van der Waals surface area contributed by atoms with Crippen LogP contribution in [0.5, 0.6) is 0 Å². The van der Waals surface area contributed by atoms with Crippen molar-refractivity contribution < 1.29 is 9.18 Å². The van der Waals surface area contributed by atoms with E-state index in [1.54, 1.807) is 4.90 Å². The number of rotatable bonds is 3. The number of carbonyl (C=O) groups is 1. The molecule has 0 spiro atoms. The van der Waals surface area contributed by atoms with Crippen LogP contribution < -0.4 is 0 Å². The van der Waals surface area contributed by atoms with Gasteiger partial charge in [0.25, 0.3) is 5.91 Å². The van der Waals surface area contributed by atoms with Gasteiger partial charge in [0.15, 0.2) is 5.83 Å². The molecule has 1 heterocycles. The first-order valence-electron chi connectivity index (χ1n) is 6.66. The summed E-state index contributed by atoms with van der Waals surface area (Å²) in [5.74, 6) is -0.984. The van der Waals surface area contributed by atoms with E-state index in [2.05, 4.69) is 39.2 Å².